The Morgan fingerprint density at radius 1 is 1.21 bits per heavy atom. The standard InChI is InChI=1S/C17H20N4O3/c1-12-6-4-7-13(19-12)10-18-16(23)14-8-5-9-21(17(14)24)11-15(22)20(2)3/h4-9H,10-11H2,1-3H3,(H,18,23). The Morgan fingerprint density at radius 2 is 1.96 bits per heavy atom. The first-order chi connectivity index (χ1) is 11.4. The normalized spacial score (nSPS) is 10.3. The number of nitrogens with zero attached hydrogens (tertiary/aromatic N) is 3. The maximum atomic E-state index is 12.3. The molecular formula is C17H20N4O3. The zero-order chi connectivity index (χ0) is 17.7. The summed E-state index contributed by atoms with van der Waals surface area (Å²) < 4.78 is 1.22. The average molecular weight is 328 g/mol. The molecule has 24 heavy (non-hydrogen) atoms. The van der Waals surface area contributed by atoms with Gasteiger partial charge in [-0.3, -0.25) is 19.4 Å². The van der Waals surface area contributed by atoms with Crippen LogP contribution in [0.2, 0.25) is 0 Å². The molecule has 0 saturated carbocycles. The van der Waals surface area contributed by atoms with E-state index in [-0.39, 0.29) is 24.6 Å². The van der Waals surface area contributed by atoms with E-state index in [1.54, 1.807) is 26.2 Å². The number of amides is 2. The smallest absolute Gasteiger partial charge is 0.263 e. The molecule has 2 amide bonds. The number of nitrogens with one attached hydrogen (secondary N) is 1. The first-order valence-electron chi connectivity index (χ1n) is 7.49. The van der Waals surface area contributed by atoms with Gasteiger partial charge in [-0.1, -0.05) is 6.07 Å². The van der Waals surface area contributed by atoms with Crippen LogP contribution in [0.3, 0.4) is 0 Å². The minimum absolute atomic E-state index is 0.00305. The molecule has 126 valence electrons. The molecule has 0 fully saturated rings. The third-order valence-electron chi connectivity index (χ3n) is 3.45. The second-order valence-corrected chi connectivity index (χ2v) is 5.60. The average Bonchev–Trinajstić information content (AvgIpc) is 2.54. The fourth-order valence-corrected chi connectivity index (χ4v) is 2.09. The third-order valence-corrected chi connectivity index (χ3v) is 3.45. The molecule has 7 nitrogen and oxygen atoms in total. The van der Waals surface area contributed by atoms with Crippen LogP contribution in [0, 0.1) is 6.92 Å². The number of aryl methyl sites for hydroxylation is 1. The molecule has 1 N–H and O–H groups in total. The SMILES string of the molecule is Cc1cccc(CNC(=O)c2cccn(CC(=O)N(C)C)c2=O)n1. The Kier molecular flexibility index (Phi) is 5.47. The summed E-state index contributed by atoms with van der Waals surface area (Å²) >= 11 is 0. The highest BCUT2D eigenvalue weighted by atomic mass is 16.2. The lowest BCUT2D eigenvalue weighted by molar-refractivity contribution is -0.129. The number of pyridine rings is 2. The predicted molar refractivity (Wildman–Crippen MR) is 89.5 cm³/mol. The maximum absolute atomic E-state index is 12.3. The Balaban J connectivity index is 2.12. The lowest BCUT2D eigenvalue weighted by Gasteiger charge is -2.12. The van der Waals surface area contributed by atoms with Crippen LogP contribution in [-0.4, -0.2) is 40.4 Å². The van der Waals surface area contributed by atoms with Gasteiger partial charge in [0.05, 0.1) is 12.2 Å². The molecule has 7 heteroatoms. The van der Waals surface area contributed by atoms with Crippen LogP contribution in [0.15, 0.2) is 41.3 Å². The van der Waals surface area contributed by atoms with Gasteiger partial charge >= 0.3 is 0 Å². The fourth-order valence-electron chi connectivity index (χ4n) is 2.09. The lowest BCUT2D eigenvalue weighted by Crippen LogP contribution is -2.36. The van der Waals surface area contributed by atoms with E-state index in [9.17, 15) is 14.4 Å². The molecule has 2 aromatic rings. The number of aromatic nitrogens is 2. The van der Waals surface area contributed by atoms with Gasteiger partial charge < -0.3 is 14.8 Å². The van der Waals surface area contributed by atoms with Crippen molar-refractivity contribution >= 4 is 11.8 Å². The maximum Gasteiger partial charge on any atom is 0.263 e. The second kappa shape index (κ2) is 7.54. The van der Waals surface area contributed by atoms with Gasteiger partial charge in [0.2, 0.25) is 5.91 Å². The van der Waals surface area contributed by atoms with Gasteiger partial charge in [-0.2, -0.15) is 0 Å². The van der Waals surface area contributed by atoms with Gasteiger partial charge in [-0.15, -0.1) is 0 Å². The Bertz CT molecular complexity index is 811. The number of likely N-dealkylation sites (N-methyl/N-ethyl adjacent to an activating group) is 1. The van der Waals surface area contributed by atoms with Crippen molar-refractivity contribution < 1.29 is 9.59 Å². The largest absolute Gasteiger partial charge is 0.347 e. The van der Waals surface area contributed by atoms with Crippen LogP contribution in [0.5, 0.6) is 0 Å². The number of carbonyl (C=O) groups is 2. The van der Waals surface area contributed by atoms with Crippen molar-refractivity contribution in [3.8, 4) is 0 Å². The van der Waals surface area contributed by atoms with Gasteiger partial charge in [0.25, 0.3) is 11.5 Å². The molecule has 0 aliphatic heterocycles. The molecule has 0 spiro atoms. The molecular weight excluding hydrogens is 308 g/mol. The van der Waals surface area contributed by atoms with Crippen LogP contribution in [0.1, 0.15) is 21.7 Å². The summed E-state index contributed by atoms with van der Waals surface area (Å²) in [5.41, 5.74) is 1.06. The van der Waals surface area contributed by atoms with Crippen LogP contribution in [0.4, 0.5) is 0 Å². The minimum atomic E-state index is -0.498. The van der Waals surface area contributed by atoms with E-state index < -0.39 is 11.5 Å². The Morgan fingerprint density at radius 3 is 2.62 bits per heavy atom. The van der Waals surface area contributed by atoms with E-state index in [2.05, 4.69) is 10.3 Å². The van der Waals surface area contributed by atoms with Gasteiger partial charge in [-0.05, 0) is 31.2 Å². The van der Waals surface area contributed by atoms with Crippen LogP contribution >= 0.6 is 0 Å². The van der Waals surface area contributed by atoms with Gasteiger partial charge in [0.15, 0.2) is 0 Å². The summed E-state index contributed by atoms with van der Waals surface area (Å²) in [6.07, 6.45) is 1.49. The van der Waals surface area contributed by atoms with Crippen molar-refractivity contribution in [1.82, 2.24) is 19.8 Å². The summed E-state index contributed by atoms with van der Waals surface area (Å²) in [5, 5.41) is 2.68. The van der Waals surface area contributed by atoms with Gasteiger partial charge in [0.1, 0.15) is 12.1 Å². The summed E-state index contributed by atoms with van der Waals surface area (Å²) in [6, 6.07) is 8.53. The molecule has 0 bridgehead atoms. The third kappa shape index (κ3) is 4.28. The first-order valence-corrected chi connectivity index (χ1v) is 7.49. The molecule has 0 aromatic carbocycles. The Hall–Kier alpha value is -2.96. The predicted octanol–water partition coefficient (Wildman–Crippen LogP) is 0.570. The number of carbonyl (C=O) groups excluding carboxylic acids is 2. The molecule has 0 radical (unpaired) electrons. The molecule has 0 saturated heterocycles. The van der Waals surface area contributed by atoms with Gasteiger partial charge in [-0.25, -0.2) is 0 Å². The second-order valence-electron chi connectivity index (χ2n) is 5.60. The Labute approximate surface area is 139 Å². The summed E-state index contributed by atoms with van der Waals surface area (Å²) in [6.45, 7) is 1.99. The van der Waals surface area contributed by atoms with E-state index in [0.29, 0.717) is 5.69 Å². The van der Waals surface area contributed by atoms with Crippen LogP contribution in [-0.2, 0) is 17.9 Å². The molecule has 2 aromatic heterocycles. The summed E-state index contributed by atoms with van der Waals surface area (Å²) in [7, 11) is 3.22. The van der Waals surface area contributed by atoms with E-state index in [4.69, 9.17) is 0 Å². The zero-order valence-corrected chi connectivity index (χ0v) is 13.9. The highest BCUT2D eigenvalue weighted by Crippen LogP contribution is 1.99. The lowest BCUT2D eigenvalue weighted by atomic mass is 10.2. The van der Waals surface area contributed by atoms with Crippen molar-refractivity contribution in [2.45, 2.75) is 20.0 Å². The molecule has 0 unspecified atom stereocenters. The van der Waals surface area contributed by atoms with Crippen molar-refractivity contribution in [1.29, 1.82) is 0 Å². The number of hydrogen-bond donors (Lipinski definition) is 1. The molecule has 2 rings (SSSR count). The van der Waals surface area contributed by atoms with Crippen molar-refractivity contribution in [3.05, 3.63) is 63.8 Å². The van der Waals surface area contributed by atoms with Crippen molar-refractivity contribution in [2.75, 3.05) is 14.1 Å². The minimum Gasteiger partial charge on any atom is -0.347 e. The van der Waals surface area contributed by atoms with Gasteiger partial charge in [0, 0.05) is 26.0 Å². The van der Waals surface area contributed by atoms with E-state index >= 15 is 0 Å². The summed E-state index contributed by atoms with van der Waals surface area (Å²) in [5.74, 6) is -0.714. The van der Waals surface area contributed by atoms with E-state index in [1.807, 2.05) is 19.1 Å². The van der Waals surface area contributed by atoms with Crippen LogP contribution in [0.25, 0.3) is 0 Å². The molecule has 0 aliphatic carbocycles. The summed E-state index contributed by atoms with van der Waals surface area (Å²) in [4.78, 5) is 42.0. The van der Waals surface area contributed by atoms with E-state index in [0.717, 1.165) is 5.69 Å². The fraction of sp³-hybridized carbons (Fsp3) is 0.294. The van der Waals surface area contributed by atoms with Crippen LogP contribution < -0.4 is 10.9 Å². The highest BCUT2D eigenvalue weighted by Gasteiger charge is 2.14. The number of rotatable bonds is 5. The monoisotopic (exact) mass is 328 g/mol. The molecule has 0 atom stereocenters. The van der Waals surface area contributed by atoms with E-state index in [1.165, 1.54) is 21.7 Å². The van der Waals surface area contributed by atoms with Crippen molar-refractivity contribution in [3.63, 3.8) is 0 Å². The zero-order valence-electron chi connectivity index (χ0n) is 13.9. The first kappa shape index (κ1) is 17.4. The molecule has 0 aliphatic rings. The topological polar surface area (TPSA) is 84.3 Å². The van der Waals surface area contributed by atoms with Crippen molar-refractivity contribution in [2.24, 2.45) is 0 Å². The number of hydrogen-bond acceptors (Lipinski definition) is 4. The highest BCUT2D eigenvalue weighted by molar-refractivity contribution is 5.93. The molecule has 2 heterocycles. The quantitative estimate of drug-likeness (QED) is 0.870.